The van der Waals surface area contributed by atoms with Gasteiger partial charge in [-0.1, -0.05) is 23.2 Å². The fourth-order valence-corrected chi connectivity index (χ4v) is 3.27. The lowest BCUT2D eigenvalue weighted by molar-refractivity contribution is 0.901. The third-order valence-corrected chi connectivity index (χ3v) is 4.90. The van der Waals surface area contributed by atoms with Crippen molar-refractivity contribution in [1.29, 1.82) is 0 Å². The molecule has 3 rings (SSSR count). The molecular formula is C12H9BrCl2N2. The number of nitrogen functional groups attached to an aromatic ring is 1. The van der Waals surface area contributed by atoms with E-state index in [9.17, 15) is 0 Å². The minimum atomic E-state index is 0.470. The molecule has 0 saturated carbocycles. The van der Waals surface area contributed by atoms with Gasteiger partial charge in [-0.2, -0.15) is 0 Å². The number of pyridine rings is 1. The van der Waals surface area contributed by atoms with E-state index in [1.165, 1.54) is 5.56 Å². The van der Waals surface area contributed by atoms with Crippen LogP contribution in [0, 0.1) is 0 Å². The number of fused-ring (bicyclic) bond motifs is 2. The number of aromatic nitrogens is 1. The van der Waals surface area contributed by atoms with Gasteiger partial charge in [0.05, 0.1) is 15.6 Å². The lowest BCUT2D eigenvalue weighted by Gasteiger charge is -2.11. The first kappa shape index (κ1) is 11.6. The monoisotopic (exact) mass is 330 g/mol. The largest absolute Gasteiger partial charge is 0.398 e. The molecule has 1 aliphatic carbocycles. The van der Waals surface area contributed by atoms with Crippen molar-refractivity contribution in [3.63, 3.8) is 0 Å². The zero-order valence-electron chi connectivity index (χ0n) is 8.86. The van der Waals surface area contributed by atoms with Gasteiger partial charge in [-0.15, -0.1) is 0 Å². The average Bonchev–Trinajstić information content (AvgIpc) is 2.77. The Hall–Kier alpha value is -0.510. The molecule has 0 bridgehead atoms. The van der Waals surface area contributed by atoms with Gasteiger partial charge >= 0.3 is 0 Å². The maximum atomic E-state index is 6.22. The lowest BCUT2D eigenvalue weighted by atomic mass is 10.1. The number of anilines is 1. The van der Waals surface area contributed by atoms with Crippen molar-refractivity contribution in [2.45, 2.75) is 19.3 Å². The highest BCUT2D eigenvalue weighted by Crippen LogP contribution is 2.40. The molecular weight excluding hydrogens is 323 g/mol. The van der Waals surface area contributed by atoms with Crippen LogP contribution in [0.2, 0.25) is 10.0 Å². The van der Waals surface area contributed by atoms with Crippen LogP contribution in [-0.4, -0.2) is 4.98 Å². The van der Waals surface area contributed by atoms with E-state index in [-0.39, 0.29) is 0 Å². The Morgan fingerprint density at radius 2 is 2.00 bits per heavy atom. The predicted octanol–water partition coefficient (Wildman–Crippen LogP) is 4.38. The van der Waals surface area contributed by atoms with E-state index in [2.05, 4.69) is 20.9 Å². The second-order valence-corrected chi connectivity index (χ2v) is 5.80. The fourth-order valence-electron chi connectivity index (χ4n) is 2.34. The first-order valence-corrected chi connectivity index (χ1v) is 6.89. The van der Waals surface area contributed by atoms with E-state index in [0.717, 1.165) is 40.5 Å². The highest BCUT2D eigenvalue weighted by Gasteiger charge is 2.20. The Kier molecular flexibility index (Phi) is 2.73. The number of aryl methyl sites for hydroxylation is 1. The summed E-state index contributed by atoms with van der Waals surface area (Å²) in [5.41, 5.74) is 9.93. The standard InChI is InChI=1S/C12H9BrCl2N2/c13-7-4-6-11(16)5-2-1-3-8(5)17-12(6)10(15)9(7)14/h4H,1-3H2,(H2,16,17). The van der Waals surface area contributed by atoms with Crippen molar-refractivity contribution in [2.75, 3.05) is 5.73 Å². The van der Waals surface area contributed by atoms with Crippen molar-refractivity contribution >= 4 is 55.7 Å². The van der Waals surface area contributed by atoms with E-state index < -0.39 is 0 Å². The summed E-state index contributed by atoms with van der Waals surface area (Å²) in [5, 5.41) is 1.84. The van der Waals surface area contributed by atoms with Crippen LogP contribution in [0.4, 0.5) is 5.69 Å². The van der Waals surface area contributed by atoms with Crippen LogP contribution in [0.1, 0.15) is 17.7 Å². The number of hydrogen-bond acceptors (Lipinski definition) is 2. The summed E-state index contributed by atoms with van der Waals surface area (Å²) in [6.45, 7) is 0. The maximum Gasteiger partial charge on any atom is 0.0928 e. The summed E-state index contributed by atoms with van der Waals surface area (Å²) >= 11 is 15.7. The van der Waals surface area contributed by atoms with Gasteiger partial charge in [0, 0.05) is 21.2 Å². The number of rotatable bonds is 0. The summed E-state index contributed by atoms with van der Waals surface area (Å²) in [6.07, 6.45) is 3.08. The van der Waals surface area contributed by atoms with Gasteiger partial charge in [0.15, 0.2) is 0 Å². The molecule has 1 aromatic carbocycles. The summed E-state index contributed by atoms with van der Waals surface area (Å²) in [6, 6.07) is 1.89. The quantitative estimate of drug-likeness (QED) is 0.728. The second kappa shape index (κ2) is 4.01. The zero-order chi connectivity index (χ0) is 12.2. The van der Waals surface area contributed by atoms with Gasteiger partial charge in [0.1, 0.15) is 0 Å². The Morgan fingerprint density at radius 3 is 2.76 bits per heavy atom. The van der Waals surface area contributed by atoms with Crippen LogP contribution in [0.25, 0.3) is 10.9 Å². The van der Waals surface area contributed by atoms with E-state index >= 15 is 0 Å². The van der Waals surface area contributed by atoms with Crippen LogP contribution in [0.15, 0.2) is 10.5 Å². The molecule has 0 atom stereocenters. The number of halogens is 3. The molecule has 0 saturated heterocycles. The molecule has 0 radical (unpaired) electrons. The Balaban J connectivity index is 2.48. The third-order valence-electron chi connectivity index (χ3n) is 3.19. The van der Waals surface area contributed by atoms with E-state index in [1.54, 1.807) is 0 Å². The molecule has 2 nitrogen and oxygen atoms in total. The molecule has 17 heavy (non-hydrogen) atoms. The van der Waals surface area contributed by atoms with Crippen molar-refractivity contribution in [1.82, 2.24) is 4.98 Å². The first-order valence-electron chi connectivity index (χ1n) is 5.34. The fraction of sp³-hybridized carbons (Fsp3) is 0.250. The summed E-state index contributed by atoms with van der Waals surface area (Å²) in [5.74, 6) is 0. The van der Waals surface area contributed by atoms with Gasteiger partial charge < -0.3 is 5.73 Å². The second-order valence-electron chi connectivity index (χ2n) is 4.19. The van der Waals surface area contributed by atoms with Gasteiger partial charge in [0.2, 0.25) is 0 Å². The van der Waals surface area contributed by atoms with Crippen molar-refractivity contribution in [3.8, 4) is 0 Å². The van der Waals surface area contributed by atoms with E-state index in [4.69, 9.17) is 28.9 Å². The number of benzene rings is 1. The van der Waals surface area contributed by atoms with E-state index in [1.807, 2.05) is 6.07 Å². The molecule has 2 aromatic rings. The molecule has 0 unspecified atom stereocenters. The summed E-state index contributed by atoms with van der Waals surface area (Å²) in [7, 11) is 0. The SMILES string of the molecule is Nc1c2c(nc3c(Cl)c(Cl)c(Br)cc13)CCC2. The molecule has 0 amide bonds. The van der Waals surface area contributed by atoms with Crippen LogP contribution in [0.3, 0.4) is 0 Å². The molecule has 88 valence electrons. The summed E-state index contributed by atoms with van der Waals surface area (Å²) < 4.78 is 0.753. The predicted molar refractivity (Wildman–Crippen MR) is 75.9 cm³/mol. The molecule has 0 fully saturated rings. The number of nitrogens with zero attached hydrogens (tertiary/aromatic N) is 1. The first-order chi connectivity index (χ1) is 8.09. The van der Waals surface area contributed by atoms with E-state index in [0.29, 0.717) is 15.6 Å². The van der Waals surface area contributed by atoms with Crippen LogP contribution < -0.4 is 5.73 Å². The van der Waals surface area contributed by atoms with Crippen molar-refractivity contribution in [3.05, 3.63) is 31.8 Å². The third kappa shape index (κ3) is 1.64. The van der Waals surface area contributed by atoms with Gasteiger partial charge in [-0.25, -0.2) is 0 Å². The van der Waals surface area contributed by atoms with Crippen LogP contribution in [0.5, 0.6) is 0 Å². The Bertz CT molecular complexity index is 640. The minimum Gasteiger partial charge on any atom is -0.398 e. The highest BCUT2D eigenvalue weighted by atomic mass is 79.9. The Morgan fingerprint density at radius 1 is 1.24 bits per heavy atom. The average molecular weight is 332 g/mol. The lowest BCUT2D eigenvalue weighted by Crippen LogP contribution is -1.99. The molecule has 2 N–H and O–H groups in total. The Labute approximate surface area is 117 Å². The maximum absolute atomic E-state index is 6.22. The van der Waals surface area contributed by atoms with Gasteiger partial charge in [0.25, 0.3) is 0 Å². The molecule has 5 heteroatoms. The molecule has 1 aliphatic rings. The highest BCUT2D eigenvalue weighted by molar-refractivity contribution is 9.10. The van der Waals surface area contributed by atoms with Crippen molar-refractivity contribution < 1.29 is 0 Å². The summed E-state index contributed by atoms with van der Waals surface area (Å²) in [4.78, 5) is 4.60. The molecule has 0 aliphatic heterocycles. The smallest absolute Gasteiger partial charge is 0.0928 e. The zero-order valence-corrected chi connectivity index (χ0v) is 12.0. The number of nitrogens with two attached hydrogens (primary N) is 1. The van der Waals surface area contributed by atoms with Crippen LogP contribution >= 0.6 is 39.1 Å². The molecule has 1 heterocycles. The van der Waals surface area contributed by atoms with Crippen LogP contribution in [-0.2, 0) is 12.8 Å². The number of hydrogen-bond donors (Lipinski definition) is 1. The van der Waals surface area contributed by atoms with Gasteiger partial charge in [-0.05, 0) is 46.8 Å². The van der Waals surface area contributed by atoms with Crippen molar-refractivity contribution in [2.24, 2.45) is 0 Å². The van der Waals surface area contributed by atoms with Gasteiger partial charge in [-0.3, -0.25) is 4.98 Å². The minimum absolute atomic E-state index is 0.470. The normalized spacial score (nSPS) is 14.3. The molecule has 1 aromatic heterocycles. The topological polar surface area (TPSA) is 38.9 Å². The molecule has 0 spiro atoms.